The normalized spacial score (nSPS) is 10.5. The lowest BCUT2D eigenvalue weighted by Crippen LogP contribution is -1.98. The monoisotopic (exact) mass is 296 g/mol. The van der Waals surface area contributed by atoms with Crippen molar-refractivity contribution < 1.29 is 9.84 Å². The molecule has 0 fully saturated rings. The summed E-state index contributed by atoms with van der Waals surface area (Å²) in [6, 6.07) is 11.3. The van der Waals surface area contributed by atoms with E-state index in [1.165, 1.54) is 5.56 Å². The minimum Gasteiger partial charge on any atom is -0.486 e. The third-order valence-electron chi connectivity index (χ3n) is 2.71. The van der Waals surface area contributed by atoms with Crippen molar-refractivity contribution in [1.29, 1.82) is 0 Å². The third kappa shape index (κ3) is 3.63. The van der Waals surface area contributed by atoms with E-state index in [9.17, 15) is 0 Å². The van der Waals surface area contributed by atoms with Gasteiger partial charge >= 0.3 is 0 Å². The predicted molar refractivity (Wildman–Crippen MR) is 77.9 cm³/mol. The first-order chi connectivity index (χ1) is 9.10. The van der Waals surface area contributed by atoms with Gasteiger partial charge in [-0.1, -0.05) is 53.0 Å². The van der Waals surface area contributed by atoms with Crippen LogP contribution < -0.4 is 4.74 Å². The molecule has 0 saturated heterocycles. The zero-order valence-corrected chi connectivity index (χ0v) is 12.0. The topological polar surface area (TPSA) is 29.5 Å². The van der Waals surface area contributed by atoms with Gasteiger partial charge in [-0.05, 0) is 30.2 Å². The molecule has 2 nitrogen and oxygen atoms in total. The summed E-state index contributed by atoms with van der Waals surface area (Å²) in [6.07, 6.45) is 0. The van der Waals surface area contributed by atoms with Crippen LogP contribution in [0.1, 0.15) is 16.7 Å². The van der Waals surface area contributed by atoms with E-state index in [1.807, 2.05) is 31.2 Å². The Morgan fingerprint density at radius 3 is 2.32 bits per heavy atom. The summed E-state index contributed by atoms with van der Waals surface area (Å²) >= 11 is 12.2. The van der Waals surface area contributed by atoms with E-state index >= 15 is 0 Å². The molecule has 0 aliphatic heterocycles. The number of aliphatic hydroxyl groups is 1. The lowest BCUT2D eigenvalue weighted by molar-refractivity contribution is 0.281. The molecule has 0 saturated carbocycles. The van der Waals surface area contributed by atoms with Crippen LogP contribution >= 0.6 is 23.2 Å². The molecule has 0 heterocycles. The zero-order valence-electron chi connectivity index (χ0n) is 10.5. The van der Waals surface area contributed by atoms with Crippen molar-refractivity contribution in [3.8, 4) is 5.75 Å². The number of benzene rings is 2. The molecular weight excluding hydrogens is 283 g/mol. The van der Waals surface area contributed by atoms with Gasteiger partial charge in [0.15, 0.2) is 5.75 Å². The van der Waals surface area contributed by atoms with Gasteiger partial charge in [-0.3, -0.25) is 0 Å². The molecule has 0 unspecified atom stereocenters. The van der Waals surface area contributed by atoms with Gasteiger partial charge in [0.05, 0.1) is 16.7 Å². The molecular formula is C15H14Cl2O2. The first-order valence-electron chi connectivity index (χ1n) is 5.87. The van der Waals surface area contributed by atoms with E-state index in [4.69, 9.17) is 33.0 Å². The average molecular weight is 297 g/mol. The molecule has 4 heteroatoms. The van der Waals surface area contributed by atoms with Crippen LogP contribution in [0.15, 0.2) is 36.4 Å². The minimum absolute atomic E-state index is 0.0996. The van der Waals surface area contributed by atoms with Crippen LogP contribution in [0, 0.1) is 6.92 Å². The second kappa shape index (κ2) is 6.29. The maximum atomic E-state index is 9.06. The Kier molecular flexibility index (Phi) is 4.70. The average Bonchev–Trinajstić information content (AvgIpc) is 2.37. The van der Waals surface area contributed by atoms with Crippen LogP contribution in [0.5, 0.6) is 5.75 Å². The van der Waals surface area contributed by atoms with Gasteiger partial charge in [-0.15, -0.1) is 0 Å². The fraction of sp³-hybridized carbons (Fsp3) is 0.200. The second-order valence-corrected chi connectivity index (χ2v) is 5.14. The Balaban J connectivity index is 2.16. The van der Waals surface area contributed by atoms with E-state index in [-0.39, 0.29) is 6.61 Å². The highest BCUT2D eigenvalue weighted by molar-refractivity contribution is 6.37. The SMILES string of the molecule is Cc1cccc(COc2c(Cl)cc(CO)cc2Cl)c1. The molecule has 1 N–H and O–H groups in total. The van der Waals surface area contributed by atoms with E-state index in [2.05, 4.69) is 0 Å². The highest BCUT2D eigenvalue weighted by Gasteiger charge is 2.09. The summed E-state index contributed by atoms with van der Waals surface area (Å²) in [5.74, 6) is 0.446. The number of hydrogen-bond acceptors (Lipinski definition) is 2. The molecule has 0 radical (unpaired) electrons. The van der Waals surface area contributed by atoms with Crippen LogP contribution in [0.4, 0.5) is 0 Å². The molecule has 100 valence electrons. The van der Waals surface area contributed by atoms with Crippen molar-refractivity contribution >= 4 is 23.2 Å². The highest BCUT2D eigenvalue weighted by Crippen LogP contribution is 2.34. The smallest absolute Gasteiger partial charge is 0.156 e. The van der Waals surface area contributed by atoms with Crippen molar-refractivity contribution in [2.45, 2.75) is 20.1 Å². The highest BCUT2D eigenvalue weighted by atomic mass is 35.5. The first kappa shape index (κ1) is 14.2. The van der Waals surface area contributed by atoms with Gasteiger partial charge in [0, 0.05) is 0 Å². The van der Waals surface area contributed by atoms with Crippen LogP contribution in [-0.4, -0.2) is 5.11 Å². The molecule has 0 aromatic heterocycles. The third-order valence-corrected chi connectivity index (χ3v) is 3.27. The fourth-order valence-electron chi connectivity index (χ4n) is 1.80. The predicted octanol–water partition coefficient (Wildman–Crippen LogP) is 4.37. The number of halogens is 2. The number of ether oxygens (including phenoxy) is 1. The molecule has 0 atom stereocenters. The molecule has 0 aliphatic carbocycles. The van der Waals surface area contributed by atoms with Crippen molar-refractivity contribution in [3.05, 3.63) is 63.1 Å². The summed E-state index contributed by atoms with van der Waals surface area (Å²) in [7, 11) is 0. The number of aryl methyl sites for hydroxylation is 1. The van der Waals surface area contributed by atoms with Crippen molar-refractivity contribution in [2.75, 3.05) is 0 Å². The van der Waals surface area contributed by atoms with E-state index in [1.54, 1.807) is 12.1 Å². The Morgan fingerprint density at radius 2 is 1.74 bits per heavy atom. The number of rotatable bonds is 4. The van der Waals surface area contributed by atoms with Gasteiger partial charge in [0.1, 0.15) is 6.61 Å². The molecule has 0 amide bonds. The lowest BCUT2D eigenvalue weighted by Gasteiger charge is -2.11. The zero-order chi connectivity index (χ0) is 13.8. The van der Waals surface area contributed by atoms with Crippen LogP contribution in [0.3, 0.4) is 0 Å². The quantitative estimate of drug-likeness (QED) is 0.908. The molecule has 0 bridgehead atoms. The summed E-state index contributed by atoms with van der Waals surface area (Å²) < 4.78 is 5.66. The Bertz CT molecular complexity index is 559. The van der Waals surface area contributed by atoms with Crippen molar-refractivity contribution in [1.82, 2.24) is 0 Å². The molecule has 2 aromatic carbocycles. The van der Waals surface area contributed by atoms with Gasteiger partial charge < -0.3 is 9.84 Å². The minimum atomic E-state index is -0.0996. The molecule has 2 rings (SSSR count). The summed E-state index contributed by atoms with van der Waals surface area (Å²) in [5, 5.41) is 9.87. The maximum Gasteiger partial charge on any atom is 0.156 e. The fourth-order valence-corrected chi connectivity index (χ4v) is 2.44. The van der Waals surface area contributed by atoms with Crippen molar-refractivity contribution in [2.24, 2.45) is 0 Å². The maximum absolute atomic E-state index is 9.06. The lowest BCUT2D eigenvalue weighted by atomic mass is 10.1. The van der Waals surface area contributed by atoms with E-state index < -0.39 is 0 Å². The van der Waals surface area contributed by atoms with Crippen LogP contribution in [0.25, 0.3) is 0 Å². The van der Waals surface area contributed by atoms with Crippen LogP contribution in [0.2, 0.25) is 10.0 Å². The molecule has 0 spiro atoms. The molecule has 0 aliphatic rings. The second-order valence-electron chi connectivity index (χ2n) is 4.32. The Hall–Kier alpha value is -1.22. The van der Waals surface area contributed by atoms with Crippen LogP contribution in [-0.2, 0) is 13.2 Å². The Labute approximate surface area is 122 Å². The number of aliphatic hydroxyl groups excluding tert-OH is 1. The molecule has 2 aromatic rings. The van der Waals surface area contributed by atoms with Gasteiger partial charge in [0.2, 0.25) is 0 Å². The number of hydrogen-bond donors (Lipinski definition) is 1. The summed E-state index contributed by atoms with van der Waals surface area (Å²) in [6.45, 7) is 2.33. The van der Waals surface area contributed by atoms with Gasteiger partial charge in [-0.25, -0.2) is 0 Å². The van der Waals surface area contributed by atoms with Gasteiger partial charge in [0.25, 0.3) is 0 Å². The molecule has 19 heavy (non-hydrogen) atoms. The first-order valence-corrected chi connectivity index (χ1v) is 6.63. The standard InChI is InChI=1S/C15H14Cl2O2/c1-10-3-2-4-11(5-10)9-19-15-13(16)6-12(8-18)7-14(15)17/h2-7,18H,8-9H2,1H3. The van der Waals surface area contributed by atoms with E-state index in [0.717, 1.165) is 5.56 Å². The summed E-state index contributed by atoms with van der Waals surface area (Å²) in [5.41, 5.74) is 2.89. The summed E-state index contributed by atoms with van der Waals surface area (Å²) in [4.78, 5) is 0. The largest absolute Gasteiger partial charge is 0.486 e. The van der Waals surface area contributed by atoms with E-state index in [0.29, 0.717) is 28.0 Å². The Morgan fingerprint density at radius 1 is 1.05 bits per heavy atom. The van der Waals surface area contributed by atoms with Crippen molar-refractivity contribution in [3.63, 3.8) is 0 Å². The van der Waals surface area contributed by atoms with Gasteiger partial charge in [-0.2, -0.15) is 0 Å².